The van der Waals surface area contributed by atoms with Crippen LogP contribution >= 0.6 is 0 Å². The molecule has 0 bridgehead atoms. The highest BCUT2D eigenvalue weighted by molar-refractivity contribution is 5.97. The molecule has 1 aliphatic rings. The van der Waals surface area contributed by atoms with E-state index in [1.54, 1.807) is 14.2 Å². The molecule has 0 radical (unpaired) electrons. The minimum Gasteiger partial charge on any atom is -0.497 e. The maximum atomic E-state index is 6.12. The van der Waals surface area contributed by atoms with Crippen molar-refractivity contribution in [1.82, 2.24) is 0 Å². The summed E-state index contributed by atoms with van der Waals surface area (Å²) in [6.45, 7) is 4.10. The molecule has 0 aliphatic carbocycles. The number of methoxy groups -OCH3 is 2. The lowest BCUT2D eigenvalue weighted by atomic mass is 9.98. The SMILES string of the molecule is COc1ccc2c3c(cc(OC)c2c1)C=CC(C)(C)O3. The van der Waals surface area contributed by atoms with Gasteiger partial charge in [-0.1, -0.05) is 6.08 Å². The summed E-state index contributed by atoms with van der Waals surface area (Å²) in [7, 11) is 3.34. The zero-order valence-corrected chi connectivity index (χ0v) is 12.2. The van der Waals surface area contributed by atoms with E-state index in [4.69, 9.17) is 14.2 Å². The molecule has 20 heavy (non-hydrogen) atoms. The lowest BCUT2D eigenvalue weighted by Crippen LogP contribution is -2.27. The minimum absolute atomic E-state index is 0.297. The largest absolute Gasteiger partial charge is 0.497 e. The van der Waals surface area contributed by atoms with Gasteiger partial charge in [-0.15, -0.1) is 0 Å². The van der Waals surface area contributed by atoms with Crippen molar-refractivity contribution in [3.05, 3.63) is 35.9 Å². The van der Waals surface area contributed by atoms with Gasteiger partial charge in [-0.3, -0.25) is 0 Å². The van der Waals surface area contributed by atoms with Crippen molar-refractivity contribution in [2.45, 2.75) is 19.4 Å². The monoisotopic (exact) mass is 270 g/mol. The first-order valence-electron chi connectivity index (χ1n) is 6.61. The lowest BCUT2D eigenvalue weighted by Gasteiger charge is -2.29. The number of ether oxygens (including phenoxy) is 3. The fourth-order valence-corrected chi connectivity index (χ4v) is 2.49. The van der Waals surface area contributed by atoms with E-state index in [1.165, 1.54) is 0 Å². The van der Waals surface area contributed by atoms with Crippen molar-refractivity contribution in [3.63, 3.8) is 0 Å². The van der Waals surface area contributed by atoms with Crippen LogP contribution in [0.2, 0.25) is 0 Å². The Morgan fingerprint density at radius 3 is 2.50 bits per heavy atom. The van der Waals surface area contributed by atoms with E-state index in [9.17, 15) is 0 Å². The first kappa shape index (κ1) is 12.9. The summed E-state index contributed by atoms with van der Waals surface area (Å²) >= 11 is 0. The second-order valence-corrected chi connectivity index (χ2v) is 5.45. The second kappa shape index (κ2) is 4.44. The molecule has 0 saturated carbocycles. The number of benzene rings is 2. The summed E-state index contributed by atoms with van der Waals surface area (Å²) in [5.74, 6) is 2.53. The molecule has 0 N–H and O–H groups in total. The highest BCUT2D eigenvalue weighted by atomic mass is 16.5. The minimum atomic E-state index is -0.297. The number of hydrogen-bond acceptors (Lipinski definition) is 3. The van der Waals surface area contributed by atoms with Gasteiger partial charge in [-0.2, -0.15) is 0 Å². The molecule has 3 nitrogen and oxygen atoms in total. The quantitative estimate of drug-likeness (QED) is 0.824. The molecular weight excluding hydrogens is 252 g/mol. The summed E-state index contributed by atoms with van der Waals surface area (Å²) in [5, 5.41) is 2.04. The number of rotatable bonds is 2. The molecule has 0 amide bonds. The van der Waals surface area contributed by atoms with E-state index < -0.39 is 0 Å². The molecule has 0 saturated heterocycles. The standard InChI is InChI=1S/C17H18O3/c1-17(2)8-7-11-9-15(19-4)14-10-12(18-3)5-6-13(14)16(11)20-17/h5-10H,1-4H3. The molecule has 0 aromatic heterocycles. The van der Waals surface area contributed by atoms with Crippen LogP contribution in [0.15, 0.2) is 30.3 Å². The highest BCUT2D eigenvalue weighted by Gasteiger charge is 2.24. The zero-order valence-electron chi connectivity index (χ0n) is 12.2. The Morgan fingerprint density at radius 2 is 1.80 bits per heavy atom. The van der Waals surface area contributed by atoms with Crippen LogP contribution in [0.1, 0.15) is 19.4 Å². The van der Waals surface area contributed by atoms with Gasteiger partial charge >= 0.3 is 0 Å². The average molecular weight is 270 g/mol. The molecule has 0 unspecified atom stereocenters. The van der Waals surface area contributed by atoms with Crippen molar-refractivity contribution >= 4 is 16.8 Å². The third-order valence-corrected chi connectivity index (χ3v) is 3.53. The smallest absolute Gasteiger partial charge is 0.135 e. The molecular formula is C17H18O3. The van der Waals surface area contributed by atoms with Crippen LogP contribution in [0.4, 0.5) is 0 Å². The first-order chi connectivity index (χ1) is 9.54. The van der Waals surface area contributed by atoms with Gasteiger partial charge in [0.05, 0.1) is 14.2 Å². The molecule has 0 atom stereocenters. The normalized spacial score (nSPS) is 15.6. The van der Waals surface area contributed by atoms with Crippen LogP contribution in [-0.4, -0.2) is 19.8 Å². The van der Waals surface area contributed by atoms with Gasteiger partial charge in [0.15, 0.2) is 0 Å². The molecule has 1 heterocycles. The number of fused-ring (bicyclic) bond motifs is 3. The predicted octanol–water partition coefficient (Wildman–Crippen LogP) is 4.04. The van der Waals surface area contributed by atoms with Gasteiger partial charge in [0.2, 0.25) is 0 Å². The molecule has 2 aromatic rings. The topological polar surface area (TPSA) is 27.7 Å². The predicted molar refractivity (Wildman–Crippen MR) is 80.8 cm³/mol. The maximum Gasteiger partial charge on any atom is 0.135 e. The fraction of sp³-hybridized carbons (Fsp3) is 0.294. The third-order valence-electron chi connectivity index (χ3n) is 3.53. The highest BCUT2D eigenvalue weighted by Crippen LogP contribution is 2.42. The van der Waals surface area contributed by atoms with Gasteiger partial charge in [0.1, 0.15) is 22.8 Å². The van der Waals surface area contributed by atoms with Crippen LogP contribution in [0.25, 0.3) is 16.8 Å². The zero-order chi connectivity index (χ0) is 14.3. The molecule has 0 spiro atoms. The Balaban J connectivity index is 2.31. The van der Waals surface area contributed by atoms with Crippen LogP contribution < -0.4 is 14.2 Å². The van der Waals surface area contributed by atoms with Gasteiger partial charge in [-0.25, -0.2) is 0 Å². The van der Waals surface area contributed by atoms with E-state index in [2.05, 4.69) is 12.2 Å². The van der Waals surface area contributed by atoms with E-state index in [-0.39, 0.29) is 5.60 Å². The van der Waals surface area contributed by atoms with Crippen LogP contribution in [0.3, 0.4) is 0 Å². The molecule has 104 valence electrons. The molecule has 3 rings (SSSR count). The summed E-state index contributed by atoms with van der Waals surface area (Å²) in [6.07, 6.45) is 4.15. The Labute approximate surface area is 118 Å². The van der Waals surface area contributed by atoms with E-state index in [0.717, 1.165) is 33.6 Å². The summed E-state index contributed by atoms with van der Waals surface area (Å²) in [6, 6.07) is 7.94. The lowest BCUT2D eigenvalue weighted by molar-refractivity contribution is 0.161. The molecule has 1 aliphatic heterocycles. The Bertz CT molecular complexity index is 699. The summed E-state index contributed by atoms with van der Waals surface area (Å²) < 4.78 is 16.9. The first-order valence-corrected chi connectivity index (χ1v) is 6.61. The molecule has 2 aromatic carbocycles. The van der Waals surface area contributed by atoms with Gasteiger partial charge in [-0.05, 0) is 44.2 Å². The molecule has 0 fully saturated rings. The Kier molecular flexibility index (Phi) is 2.85. The molecule has 3 heteroatoms. The van der Waals surface area contributed by atoms with Gasteiger partial charge in [0, 0.05) is 16.3 Å². The summed E-state index contributed by atoms with van der Waals surface area (Å²) in [4.78, 5) is 0. The Morgan fingerprint density at radius 1 is 1.00 bits per heavy atom. The Hall–Kier alpha value is -2.16. The van der Waals surface area contributed by atoms with E-state index in [0.29, 0.717) is 0 Å². The van der Waals surface area contributed by atoms with Crippen molar-refractivity contribution in [1.29, 1.82) is 0 Å². The second-order valence-electron chi connectivity index (χ2n) is 5.45. The third kappa shape index (κ3) is 1.99. The van der Waals surface area contributed by atoms with Gasteiger partial charge in [0.25, 0.3) is 0 Å². The van der Waals surface area contributed by atoms with Crippen molar-refractivity contribution in [2.75, 3.05) is 14.2 Å². The number of hydrogen-bond donors (Lipinski definition) is 0. The van der Waals surface area contributed by atoms with Gasteiger partial charge < -0.3 is 14.2 Å². The maximum absolute atomic E-state index is 6.12. The van der Waals surface area contributed by atoms with E-state index in [1.807, 2.05) is 38.1 Å². The van der Waals surface area contributed by atoms with Crippen molar-refractivity contribution < 1.29 is 14.2 Å². The summed E-state index contributed by atoms with van der Waals surface area (Å²) in [5.41, 5.74) is 0.743. The fourth-order valence-electron chi connectivity index (χ4n) is 2.49. The van der Waals surface area contributed by atoms with Crippen LogP contribution in [0, 0.1) is 0 Å². The van der Waals surface area contributed by atoms with E-state index >= 15 is 0 Å². The van der Waals surface area contributed by atoms with Crippen LogP contribution in [0.5, 0.6) is 17.2 Å². The average Bonchev–Trinajstić information content (AvgIpc) is 2.45. The van der Waals surface area contributed by atoms with Crippen LogP contribution in [-0.2, 0) is 0 Å². The van der Waals surface area contributed by atoms with Crippen molar-refractivity contribution in [3.8, 4) is 17.2 Å². The van der Waals surface area contributed by atoms with Crippen molar-refractivity contribution in [2.24, 2.45) is 0 Å².